The molecule has 0 aliphatic rings. The van der Waals surface area contributed by atoms with E-state index in [1.807, 2.05) is 4.72 Å². The molecular formula is C11H15NO7S. The van der Waals surface area contributed by atoms with E-state index in [9.17, 15) is 13.2 Å². The molecule has 112 valence electrons. The molecule has 8 nitrogen and oxygen atoms in total. The van der Waals surface area contributed by atoms with Gasteiger partial charge in [-0.15, -0.1) is 0 Å². The van der Waals surface area contributed by atoms with Gasteiger partial charge in [0.05, 0.1) is 14.2 Å². The van der Waals surface area contributed by atoms with Crippen LogP contribution in [0.2, 0.25) is 0 Å². The first-order chi connectivity index (χ1) is 9.31. The zero-order valence-electron chi connectivity index (χ0n) is 10.9. The van der Waals surface area contributed by atoms with Crippen LogP contribution in [-0.4, -0.2) is 51.5 Å². The molecule has 0 aromatic heterocycles. The largest absolute Gasteiger partial charge is 0.497 e. The number of rotatable bonds is 7. The number of hydrogen-bond donors (Lipinski definition) is 3. The van der Waals surface area contributed by atoms with Gasteiger partial charge in [-0.1, -0.05) is 0 Å². The van der Waals surface area contributed by atoms with E-state index in [2.05, 4.69) is 0 Å². The zero-order valence-corrected chi connectivity index (χ0v) is 11.7. The minimum Gasteiger partial charge on any atom is -0.497 e. The first-order valence-corrected chi connectivity index (χ1v) is 6.92. The van der Waals surface area contributed by atoms with Crippen LogP contribution >= 0.6 is 0 Å². The number of nitrogens with one attached hydrogen (secondary N) is 1. The lowest BCUT2D eigenvalue weighted by atomic mass is 10.3. The molecule has 0 aliphatic carbocycles. The number of aliphatic hydroxyl groups is 1. The van der Waals surface area contributed by atoms with E-state index in [1.54, 1.807) is 0 Å². The highest BCUT2D eigenvalue weighted by atomic mass is 32.2. The summed E-state index contributed by atoms with van der Waals surface area (Å²) in [5, 5.41) is 17.6. The molecule has 3 N–H and O–H groups in total. The summed E-state index contributed by atoms with van der Waals surface area (Å²) < 4.78 is 35.9. The predicted octanol–water partition coefficient (Wildman–Crippen LogP) is -0.572. The monoisotopic (exact) mass is 305 g/mol. The van der Waals surface area contributed by atoms with Gasteiger partial charge in [0.25, 0.3) is 0 Å². The van der Waals surface area contributed by atoms with E-state index >= 15 is 0 Å². The van der Waals surface area contributed by atoms with Crippen LogP contribution in [0.4, 0.5) is 0 Å². The first-order valence-electron chi connectivity index (χ1n) is 5.44. The van der Waals surface area contributed by atoms with Gasteiger partial charge < -0.3 is 19.7 Å². The lowest BCUT2D eigenvalue weighted by Crippen LogP contribution is -2.36. The maximum Gasteiger partial charge on any atom is 0.333 e. The predicted molar refractivity (Wildman–Crippen MR) is 68.4 cm³/mol. The van der Waals surface area contributed by atoms with E-state index in [0.717, 1.165) is 0 Å². The van der Waals surface area contributed by atoms with Gasteiger partial charge in [0.1, 0.15) is 16.4 Å². The number of methoxy groups -OCH3 is 2. The van der Waals surface area contributed by atoms with Gasteiger partial charge in [0.15, 0.2) is 6.10 Å². The molecule has 1 aromatic rings. The summed E-state index contributed by atoms with van der Waals surface area (Å²) in [5.41, 5.74) is 0. The Morgan fingerprint density at radius 3 is 2.50 bits per heavy atom. The van der Waals surface area contributed by atoms with Crippen molar-refractivity contribution in [1.29, 1.82) is 0 Å². The Kier molecular flexibility index (Phi) is 5.31. The Morgan fingerprint density at radius 2 is 2.00 bits per heavy atom. The molecule has 0 fully saturated rings. The number of carbonyl (C=O) groups is 1. The molecule has 0 aliphatic heterocycles. The Morgan fingerprint density at radius 1 is 1.35 bits per heavy atom. The Hall–Kier alpha value is -1.84. The van der Waals surface area contributed by atoms with E-state index in [1.165, 1.54) is 32.4 Å². The number of carboxylic acid groups (broad SMARTS) is 1. The molecule has 0 amide bonds. The van der Waals surface area contributed by atoms with Crippen LogP contribution < -0.4 is 14.2 Å². The molecule has 1 atom stereocenters. The Labute approximate surface area is 116 Å². The van der Waals surface area contributed by atoms with Crippen LogP contribution in [0.3, 0.4) is 0 Å². The number of aliphatic hydroxyl groups excluding tert-OH is 1. The summed E-state index contributed by atoms with van der Waals surface area (Å²) in [7, 11) is -1.30. The third-order valence-corrected chi connectivity index (χ3v) is 3.88. The standard InChI is InChI=1S/C11H15NO7S/c1-18-7-3-4-10(9(5-7)19-2)20(16,17)12-6-8(13)11(14)15/h3-5,8,12-13H,6H2,1-2H3,(H,14,15). The lowest BCUT2D eigenvalue weighted by Gasteiger charge is -2.12. The molecule has 1 aromatic carbocycles. The minimum atomic E-state index is -4.01. The van der Waals surface area contributed by atoms with Crippen molar-refractivity contribution in [3.63, 3.8) is 0 Å². The summed E-state index contributed by atoms with van der Waals surface area (Å²) in [4.78, 5) is 10.3. The van der Waals surface area contributed by atoms with Crippen LogP contribution in [0.1, 0.15) is 0 Å². The van der Waals surface area contributed by atoms with Crippen LogP contribution in [0.25, 0.3) is 0 Å². The molecule has 0 heterocycles. The van der Waals surface area contributed by atoms with Gasteiger partial charge in [-0.3, -0.25) is 0 Å². The zero-order chi connectivity index (χ0) is 15.3. The van der Waals surface area contributed by atoms with Gasteiger partial charge in [-0.2, -0.15) is 0 Å². The number of sulfonamides is 1. The summed E-state index contributed by atoms with van der Waals surface area (Å²) in [6, 6.07) is 4.06. The smallest absolute Gasteiger partial charge is 0.333 e. The molecule has 9 heteroatoms. The minimum absolute atomic E-state index is 0.0432. The van der Waals surface area contributed by atoms with Crippen LogP contribution in [0, 0.1) is 0 Å². The van der Waals surface area contributed by atoms with Crippen molar-refractivity contribution in [2.24, 2.45) is 0 Å². The SMILES string of the molecule is COc1ccc(S(=O)(=O)NCC(O)C(=O)O)c(OC)c1. The first kappa shape index (κ1) is 16.2. The molecule has 0 saturated heterocycles. The van der Waals surface area contributed by atoms with Gasteiger partial charge in [-0.25, -0.2) is 17.9 Å². The Balaban J connectivity index is 3.00. The highest BCUT2D eigenvalue weighted by Gasteiger charge is 2.23. The third kappa shape index (κ3) is 3.83. The second-order valence-corrected chi connectivity index (χ2v) is 5.46. The van der Waals surface area contributed by atoms with Crippen LogP contribution in [0.5, 0.6) is 11.5 Å². The Bertz CT molecular complexity index is 584. The van der Waals surface area contributed by atoms with Crippen molar-refractivity contribution in [3.05, 3.63) is 18.2 Å². The normalized spacial score (nSPS) is 12.8. The number of aliphatic carboxylic acids is 1. The van der Waals surface area contributed by atoms with E-state index in [0.29, 0.717) is 5.75 Å². The average molecular weight is 305 g/mol. The molecule has 20 heavy (non-hydrogen) atoms. The van der Waals surface area contributed by atoms with Gasteiger partial charge >= 0.3 is 5.97 Å². The van der Waals surface area contributed by atoms with Crippen molar-refractivity contribution in [2.75, 3.05) is 20.8 Å². The van der Waals surface area contributed by atoms with E-state index in [4.69, 9.17) is 19.7 Å². The summed E-state index contributed by atoms with van der Waals surface area (Å²) in [5.74, 6) is -1.07. The van der Waals surface area contributed by atoms with Crippen molar-refractivity contribution in [2.45, 2.75) is 11.0 Å². The molecule has 0 bridgehead atoms. The fourth-order valence-electron chi connectivity index (χ4n) is 1.35. The number of carboxylic acids is 1. The maximum atomic E-state index is 12.0. The quantitative estimate of drug-likeness (QED) is 0.616. The van der Waals surface area contributed by atoms with Crippen molar-refractivity contribution in [3.8, 4) is 11.5 Å². The molecular weight excluding hydrogens is 290 g/mol. The molecule has 0 spiro atoms. The highest BCUT2D eigenvalue weighted by Crippen LogP contribution is 2.28. The molecule has 0 radical (unpaired) electrons. The molecule has 0 saturated carbocycles. The fourth-order valence-corrected chi connectivity index (χ4v) is 2.54. The molecule has 1 rings (SSSR count). The highest BCUT2D eigenvalue weighted by molar-refractivity contribution is 7.89. The summed E-state index contributed by atoms with van der Waals surface area (Å²) in [6.07, 6.45) is -1.82. The van der Waals surface area contributed by atoms with Gasteiger partial charge in [0, 0.05) is 12.6 Å². The lowest BCUT2D eigenvalue weighted by molar-refractivity contribution is -0.146. The van der Waals surface area contributed by atoms with Crippen molar-refractivity contribution >= 4 is 16.0 Å². The molecule has 1 unspecified atom stereocenters. The van der Waals surface area contributed by atoms with Crippen LogP contribution in [0.15, 0.2) is 23.1 Å². The topological polar surface area (TPSA) is 122 Å². The second kappa shape index (κ2) is 6.55. The fraction of sp³-hybridized carbons (Fsp3) is 0.364. The van der Waals surface area contributed by atoms with E-state index < -0.39 is 28.6 Å². The second-order valence-electron chi connectivity index (χ2n) is 3.72. The van der Waals surface area contributed by atoms with Gasteiger partial charge in [-0.05, 0) is 12.1 Å². The van der Waals surface area contributed by atoms with Crippen LogP contribution in [-0.2, 0) is 14.8 Å². The third-order valence-electron chi connectivity index (χ3n) is 2.41. The average Bonchev–Trinajstić information content (AvgIpc) is 2.43. The van der Waals surface area contributed by atoms with Crippen molar-refractivity contribution in [1.82, 2.24) is 4.72 Å². The van der Waals surface area contributed by atoms with Gasteiger partial charge in [0.2, 0.25) is 10.0 Å². The summed E-state index contributed by atoms with van der Waals surface area (Å²) >= 11 is 0. The maximum absolute atomic E-state index is 12.0. The van der Waals surface area contributed by atoms with Crippen molar-refractivity contribution < 1.29 is 32.9 Å². The summed E-state index contributed by atoms with van der Waals surface area (Å²) in [6.45, 7) is -0.646. The van der Waals surface area contributed by atoms with E-state index in [-0.39, 0.29) is 10.6 Å². The number of benzene rings is 1. The number of hydrogen-bond acceptors (Lipinski definition) is 6. The number of ether oxygens (including phenoxy) is 2.